The van der Waals surface area contributed by atoms with Gasteiger partial charge in [-0.2, -0.15) is 0 Å². The molecule has 0 aliphatic rings. The minimum absolute atomic E-state index is 0.0513. The molecule has 0 bridgehead atoms. The quantitative estimate of drug-likeness (QED) is 0.830. The lowest BCUT2D eigenvalue weighted by Gasteiger charge is -2.10. The third kappa shape index (κ3) is 4.47. The Kier molecular flexibility index (Phi) is 5.64. The van der Waals surface area contributed by atoms with Crippen molar-refractivity contribution in [2.75, 3.05) is 11.9 Å². The van der Waals surface area contributed by atoms with Gasteiger partial charge in [-0.1, -0.05) is 41.4 Å². The summed E-state index contributed by atoms with van der Waals surface area (Å²) in [6.07, 6.45) is 0. The smallest absolute Gasteiger partial charge is 0.341 e. The highest BCUT2D eigenvalue weighted by Crippen LogP contribution is 2.25. The van der Waals surface area contributed by atoms with Crippen LogP contribution in [0, 0.1) is 13.8 Å². The molecule has 1 N–H and O–H groups in total. The summed E-state index contributed by atoms with van der Waals surface area (Å²) in [7, 11) is 0. The largest absolute Gasteiger partial charge is 0.452 e. The normalized spacial score (nSPS) is 10.3. The molecule has 0 radical (unpaired) electrons. The topological polar surface area (TPSA) is 55.4 Å². The molecule has 0 saturated heterocycles. The predicted molar refractivity (Wildman–Crippen MR) is 91.3 cm³/mol. The van der Waals surface area contributed by atoms with Gasteiger partial charge in [0.2, 0.25) is 0 Å². The van der Waals surface area contributed by atoms with Crippen LogP contribution in [0.5, 0.6) is 0 Å². The summed E-state index contributed by atoms with van der Waals surface area (Å²) in [5, 5.41) is 3.06. The van der Waals surface area contributed by atoms with Crippen LogP contribution in [0.3, 0.4) is 0 Å². The van der Waals surface area contributed by atoms with Crippen LogP contribution in [0.4, 0.5) is 5.69 Å². The lowest BCUT2D eigenvalue weighted by Crippen LogP contribution is -2.21. The molecule has 0 atom stereocenters. The zero-order valence-electron chi connectivity index (χ0n) is 12.7. The average Bonchev–Trinajstić information content (AvgIpc) is 2.49. The van der Waals surface area contributed by atoms with E-state index in [9.17, 15) is 9.59 Å². The van der Waals surface area contributed by atoms with E-state index in [1.807, 2.05) is 32.0 Å². The molecule has 2 aromatic rings. The lowest BCUT2D eigenvalue weighted by atomic mass is 10.1. The molecular weight excluding hydrogens is 337 g/mol. The van der Waals surface area contributed by atoms with Gasteiger partial charge < -0.3 is 10.1 Å². The second-order valence-corrected chi connectivity index (χ2v) is 5.85. The Morgan fingerprint density at radius 3 is 2.39 bits per heavy atom. The molecular formula is C17H15Cl2NO3. The van der Waals surface area contributed by atoms with Crippen molar-refractivity contribution in [1.82, 2.24) is 0 Å². The number of benzene rings is 2. The molecule has 2 aromatic carbocycles. The maximum absolute atomic E-state index is 12.0. The van der Waals surface area contributed by atoms with Crippen molar-refractivity contribution in [3.05, 3.63) is 63.1 Å². The second kappa shape index (κ2) is 7.49. The fourth-order valence-corrected chi connectivity index (χ4v) is 2.50. The van der Waals surface area contributed by atoms with Gasteiger partial charge in [0.05, 0.1) is 15.6 Å². The fraction of sp³-hybridized carbons (Fsp3) is 0.176. The summed E-state index contributed by atoms with van der Waals surface area (Å²) >= 11 is 11.8. The maximum atomic E-state index is 12.0. The SMILES string of the molecule is Cc1ccc(C)c(NC(=O)COC(=O)c2c(Cl)cccc2Cl)c1. The van der Waals surface area contributed by atoms with Gasteiger partial charge >= 0.3 is 5.97 Å². The first kappa shape index (κ1) is 17.3. The molecule has 0 aliphatic carbocycles. The second-order valence-electron chi connectivity index (χ2n) is 5.04. The number of amides is 1. The van der Waals surface area contributed by atoms with E-state index in [2.05, 4.69) is 5.32 Å². The Morgan fingerprint density at radius 2 is 1.74 bits per heavy atom. The van der Waals surface area contributed by atoms with Crippen LogP contribution in [0.15, 0.2) is 36.4 Å². The molecule has 1 amide bonds. The highest BCUT2D eigenvalue weighted by molar-refractivity contribution is 6.39. The van der Waals surface area contributed by atoms with Gasteiger partial charge in [-0.05, 0) is 43.2 Å². The van der Waals surface area contributed by atoms with Crippen LogP contribution in [0.1, 0.15) is 21.5 Å². The zero-order chi connectivity index (χ0) is 17.0. The summed E-state index contributed by atoms with van der Waals surface area (Å²) in [6.45, 7) is 3.38. The van der Waals surface area contributed by atoms with Crippen molar-refractivity contribution in [3.8, 4) is 0 Å². The highest BCUT2D eigenvalue weighted by atomic mass is 35.5. The number of hydrogen-bond acceptors (Lipinski definition) is 3. The lowest BCUT2D eigenvalue weighted by molar-refractivity contribution is -0.119. The van der Waals surface area contributed by atoms with Crippen molar-refractivity contribution in [3.63, 3.8) is 0 Å². The number of ether oxygens (including phenoxy) is 1. The van der Waals surface area contributed by atoms with Crippen LogP contribution >= 0.6 is 23.2 Å². The number of hydrogen-bond donors (Lipinski definition) is 1. The van der Waals surface area contributed by atoms with Crippen molar-refractivity contribution in [2.24, 2.45) is 0 Å². The maximum Gasteiger partial charge on any atom is 0.341 e. The van der Waals surface area contributed by atoms with Gasteiger partial charge in [0.1, 0.15) is 0 Å². The zero-order valence-corrected chi connectivity index (χ0v) is 14.2. The Bertz CT molecular complexity index is 739. The van der Waals surface area contributed by atoms with Gasteiger partial charge in [-0.15, -0.1) is 0 Å². The highest BCUT2D eigenvalue weighted by Gasteiger charge is 2.17. The molecule has 0 heterocycles. The Hall–Kier alpha value is -2.04. The van der Waals surface area contributed by atoms with Crippen LogP contribution in [0.2, 0.25) is 10.0 Å². The van der Waals surface area contributed by atoms with Crippen molar-refractivity contribution >= 4 is 40.8 Å². The van der Waals surface area contributed by atoms with E-state index in [1.54, 1.807) is 6.07 Å². The van der Waals surface area contributed by atoms with Crippen molar-refractivity contribution in [1.29, 1.82) is 0 Å². The van der Waals surface area contributed by atoms with E-state index in [1.165, 1.54) is 12.1 Å². The van der Waals surface area contributed by atoms with Crippen molar-refractivity contribution < 1.29 is 14.3 Å². The van der Waals surface area contributed by atoms with Crippen LogP contribution < -0.4 is 5.32 Å². The molecule has 2 rings (SSSR count). The van der Waals surface area contributed by atoms with Gasteiger partial charge in [0.25, 0.3) is 5.91 Å². The average molecular weight is 352 g/mol. The first-order chi connectivity index (χ1) is 10.9. The van der Waals surface area contributed by atoms with E-state index in [0.717, 1.165) is 11.1 Å². The summed E-state index contributed by atoms with van der Waals surface area (Å²) in [4.78, 5) is 23.9. The van der Waals surface area contributed by atoms with E-state index >= 15 is 0 Å². The van der Waals surface area contributed by atoms with Crippen molar-refractivity contribution in [2.45, 2.75) is 13.8 Å². The Balaban J connectivity index is 1.99. The van der Waals surface area contributed by atoms with Crippen LogP contribution in [0.25, 0.3) is 0 Å². The number of nitrogens with one attached hydrogen (secondary N) is 1. The molecule has 23 heavy (non-hydrogen) atoms. The van der Waals surface area contributed by atoms with E-state index in [0.29, 0.717) is 5.69 Å². The molecule has 0 unspecified atom stereocenters. The standard InChI is InChI=1S/C17H15Cl2NO3/c1-10-6-7-11(2)14(8-10)20-15(21)9-23-17(22)16-12(18)4-3-5-13(16)19/h3-8H,9H2,1-2H3,(H,20,21). The number of rotatable bonds is 4. The fourth-order valence-electron chi connectivity index (χ4n) is 1.95. The summed E-state index contributed by atoms with van der Waals surface area (Å²) in [5.74, 6) is -1.17. The molecule has 0 aromatic heterocycles. The van der Waals surface area contributed by atoms with Crippen LogP contribution in [-0.4, -0.2) is 18.5 Å². The number of carbonyl (C=O) groups excluding carboxylic acids is 2. The first-order valence-electron chi connectivity index (χ1n) is 6.86. The minimum Gasteiger partial charge on any atom is -0.452 e. The molecule has 0 saturated carbocycles. The minimum atomic E-state index is -0.739. The van der Waals surface area contributed by atoms with Gasteiger partial charge in [-0.3, -0.25) is 4.79 Å². The Labute approximate surface area is 144 Å². The molecule has 0 fully saturated rings. The number of aryl methyl sites for hydroxylation is 2. The predicted octanol–water partition coefficient (Wildman–Crippen LogP) is 4.41. The monoisotopic (exact) mass is 351 g/mol. The number of halogens is 2. The summed E-state index contributed by atoms with van der Waals surface area (Å²) < 4.78 is 4.97. The summed E-state index contributed by atoms with van der Waals surface area (Å²) in [5.41, 5.74) is 2.67. The van der Waals surface area contributed by atoms with E-state index < -0.39 is 18.5 Å². The van der Waals surface area contributed by atoms with Crippen LogP contribution in [-0.2, 0) is 9.53 Å². The van der Waals surface area contributed by atoms with Gasteiger partial charge in [0.15, 0.2) is 6.61 Å². The Morgan fingerprint density at radius 1 is 1.09 bits per heavy atom. The molecule has 4 nitrogen and oxygen atoms in total. The molecule has 120 valence electrons. The molecule has 0 spiro atoms. The number of carbonyl (C=O) groups is 2. The summed E-state index contributed by atoms with van der Waals surface area (Å²) in [6, 6.07) is 10.4. The van der Waals surface area contributed by atoms with Gasteiger partial charge in [0, 0.05) is 5.69 Å². The van der Waals surface area contributed by atoms with E-state index in [4.69, 9.17) is 27.9 Å². The molecule has 6 heteroatoms. The number of anilines is 1. The number of esters is 1. The third-order valence-electron chi connectivity index (χ3n) is 3.17. The molecule has 0 aliphatic heterocycles. The van der Waals surface area contributed by atoms with Gasteiger partial charge in [-0.25, -0.2) is 4.79 Å². The van der Waals surface area contributed by atoms with E-state index in [-0.39, 0.29) is 15.6 Å². The first-order valence-corrected chi connectivity index (χ1v) is 7.62. The third-order valence-corrected chi connectivity index (χ3v) is 3.80.